The minimum absolute atomic E-state index is 0.187. The van der Waals surface area contributed by atoms with Crippen molar-refractivity contribution in [2.75, 3.05) is 13.2 Å². The van der Waals surface area contributed by atoms with Gasteiger partial charge in [-0.15, -0.1) is 0 Å². The molecule has 0 radical (unpaired) electrons. The van der Waals surface area contributed by atoms with Crippen molar-refractivity contribution in [3.63, 3.8) is 0 Å². The average molecular weight is 410 g/mol. The van der Waals surface area contributed by atoms with Gasteiger partial charge in [-0.25, -0.2) is 4.79 Å². The number of benzene rings is 1. The maximum absolute atomic E-state index is 13.1. The minimum atomic E-state index is -0.528. The Labute approximate surface area is 173 Å². The Balaban J connectivity index is 1.59. The number of fused-ring (bicyclic) bond motifs is 2. The van der Waals surface area contributed by atoms with Crippen molar-refractivity contribution in [1.29, 1.82) is 0 Å². The molecule has 156 valence electrons. The first-order chi connectivity index (χ1) is 14.3. The maximum Gasteiger partial charge on any atom is 0.359 e. The Hall–Kier alpha value is -3.49. The van der Waals surface area contributed by atoms with E-state index in [0.29, 0.717) is 29.7 Å². The van der Waals surface area contributed by atoms with Crippen molar-refractivity contribution in [1.82, 2.24) is 20.0 Å². The van der Waals surface area contributed by atoms with Crippen LogP contribution in [0.25, 0.3) is 0 Å². The van der Waals surface area contributed by atoms with Gasteiger partial charge >= 0.3 is 5.97 Å². The van der Waals surface area contributed by atoms with Gasteiger partial charge in [-0.2, -0.15) is 5.10 Å². The summed E-state index contributed by atoms with van der Waals surface area (Å²) < 4.78 is 5.04. The molecule has 3 amide bonds. The molecule has 1 N–H and O–H groups in total. The summed E-state index contributed by atoms with van der Waals surface area (Å²) in [4.78, 5) is 53.1. The Kier molecular flexibility index (Phi) is 4.89. The molecule has 0 bridgehead atoms. The van der Waals surface area contributed by atoms with E-state index in [1.807, 2.05) is 0 Å². The summed E-state index contributed by atoms with van der Waals surface area (Å²) >= 11 is 0. The second-order valence-corrected chi connectivity index (χ2v) is 7.56. The second kappa shape index (κ2) is 7.40. The lowest BCUT2D eigenvalue weighted by Crippen LogP contribution is -2.36. The standard InChI is InChI=1S/C21H22N4O5/c1-4-30-21(29)17-15-10-24(8-7-16(15)22-23-17)18(26)12-5-6-13-14(9-12)20(28)25(11(2)3)19(13)27/h5-6,9,11H,4,7-8,10H2,1-3H3,(H,22,23). The predicted octanol–water partition coefficient (Wildman–Crippen LogP) is 1.79. The van der Waals surface area contributed by atoms with E-state index in [4.69, 9.17) is 4.74 Å². The van der Waals surface area contributed by atoms with E-state index in [1.165, 1.54) is 17.0 Å². The molecule has 0 atom stereocenters. The number of nitrogens with one attached hydrogen (secondary N) is 1. The fraction of sp³-hybridized carbons (Fsp3) is 0.381. The Morgan fingerprint density at radius 2 is 1.93 bits per heavy atom. The lowest BCUT2D eigenvalue weighted by Gasteiger charge is -2.27. The maximum atomic E-state index is 13.1. The van der Waals surface area contributed by atoms with Crippen LogP contribution in [0, 0.1) is 0 Å². The third-order valence-corrected chi connectivity index (χ3v) is 5.37. The summed E-state index contributed by atoms with van der Waals surface area (Å²) in [6.45, 7) is 6.14. The van der Waals surface area contributed by atoms with E-state index in [1.54, 1.807) is 31.7 Å². The SMILES string of the molecule is CCOC(=O)c1n[nH]c2c1CN(C(=O)c1ccc3c(c1)C(=O)N(C(C)C)C3=O)CC2. The van der Waals surface area contributed by atoms with Crippen LogP contribution in [-0.2, 0) is 17.7 Å². The Morgan fingerprint density at radius 1 is 1.20 bits per heavy atom. The largest absolute Gasteiger partial charge is 0.461 e. The number of H-pyrrole nitrogens is 1. The van der Waals surface area contributed by atoms with Gasteiger partial charge in [0.2, 0.25) is 0 Å². The van der Waals surface area contributed by atoms with Crippen LogP contribution in [0.15, 0.2) is 18.2 Å². The molecule has 0 aliphatic carbocycles. The third kappa shape index (κ3) is 3.06. The lowest BCUT2D eigenvalue weighted by atomic mass is 10.0. The van der Waals surface area contributed by atoms with Crippen molar-refractivity contribution >= 4 is 23.7 Å². The minimum Gasteiger partial charge on any atom is -0.461 e. The van der Waals surface area contributed by atoms with E-state index >= 15 is 0 Å². The highest BCUT2D eigenvalue weighted by molar-refractivity contribution is 6.22. The van der Waals surface area contributed by atoms with Crippen molar-refractivity contribution in [2.45, 2.75) is 39.8 Å². The van der Waals surface area contributed by atoms with Crippen molar-refractivity contribution in [2.24, 2.45) is 0 Å². The summed E-state index contributed by atoms with van der Waals surface area (Å²) in [6.07, 6.45) is 0.525. The smallest absolute Gasteiger partial charge is 0.359 e. The molecule has 3 heterocycles. The first-order valence-electron chi connectivity index (χ1n) is 9.87. The van der Waals surface area contributed by atoms with Gasteiger partial charge in [-0.1, -0.05) is 0 Å². The van der Waals surface area contributed by atoms with Gasteiger partial charge < -0.3 is 9.64 Å². The number of imide groups is 1. The van der Waals surface area contributed by atoms with Crippen LogP contribution in [0.2, 0.25) is 0 Å². The Bertz CT molecular complexity index is 1070. The molecule has 30 heavy (non-hydrogen) atoms. The molecule has 0 saturated carbocycles. The van der Waals surface area contributed by atoms with Crippen LogP contribution in [-0.4, -0.2) is 62.9 Å². The van der Waals surface area contributed by atoms with Crippen LogP contribution >= 0.6 is 0 Å². The highest BCUT2D eigenvalue weighted by Crippen LogP contribution is 2.27. The van der Waals surface area contributed by atoms with Crippen molar-refractivity contribution in [3.8, 4) is 0 Å². The van der Waals surface area contributed by atoms with E-state index < -0.39 is 5.97 Å². The van der Waals surface area contributed by atoms with Gasteiger partial charge in [0.1, 0.15) is 0 Å². The molecule has 2 aliphatic heterocycles. The molecule has 0 fully saturated rings. The van der Waals surface area contributed by atoms with E-state index in [2.05, 4.69) is 10.2 Å². The van der Waals surface area contributed by atoms with Crippen LogP contribution < -0.4 is 0 Å². The lowest BCUT2D eigenvalue weighted by molar-refractivity contribution is 0.0512. The zero-order valence-corrected chi connectivity index (χ0v) is 17.0. The predicted molar refractivity (Wildman–Crippen MR) is 105 cm³/mol. The van der Waals surface area contributed by atoms with Gasteiger partial charge in [0.25, 0.3) is 17.7 Å². The number of carbonyl (C=O) groups is 4. The molecular formula is C21H22N4O5. The molecule has 1 aromatic heterocycles. The molecule has 0 saturated heterocycles. The quantitative estimate of drug-likeness (QED) is 0.607. The summed E-state index contributed by atoms with van der Waals surface area (Å²) in [6, 6.07) is 4.31. The molecule has 1 aromatic carbocycles. The van der Waals surface area contributed by atoms with E-state index in [9.17, 15) is 19.2 Å². The molecule has 2 aliphatic rings. The van der Waals surface area contributed by atoms with Gasteiger partial charge in [0.15, 0.2) is 5.69 Å². The molecular weight excluding hydrogens is 388 g/mol. The van der Waals surface area contributed by atoms with Crippen LogP contribution in [0.1, 0.15) is 73.6 Å². The number of hydrogen-bond donors (Lipinski definition) is 1. The van der Waals surface area contributed by atoms with Gasteiger partial charge in [0.05, 0.1) is 24.3 Å². The summed E-state index contributed by atoms with van der Waals surface area (Å²) in [5.41, 5.74) is 2.52. The number of nitrogens with zero attached hydrogens (tertiary/aromatic N) is 3. The normalized spacial score (nSPS) is 15.5. The molecule has 0 unspecified atom stereocenters. The first-order valence-corrected chi connectivity index (χ1v) is 9.87. The number of hydrogen-bond acceptors (Lipinski definition) is 6. The van der Waals surface area contributed by atoms with Gasteiger partial charge in [-0.05, 0) is 39.0 Å². The summed E-state index contributed by atoms with van der Waals surface area (Å²) in [5, 5.41) is 6.90. The van der Waals surface area contributed by atoms with Crippen LogP contribution in [0.5, 0.6) is 0 Å². The highest BCUT2D eigenvalue weighted by Gasteiger charge is 2.38. The summed E-state index contributed by atoms with van der Waals surface area (Å²) in [7, 11) is 0. The monoisotopic (exact) mass is 410 g/mol. The molecule has 9 heteroatoms. The average Bonchev–Trinajstić information content (AvgIpc) is 3.26. The number of amides is 3. The number of carbonyl (C=O) groups excluding carboxylic acids is 4. The van der Waals surface area contributed by atoms with E-state index in [-0.39, 0.29) is 48.2 Å². The van der Waals surface area contributed by atoms with Crippen LogP contribution in [0.3, 0.4) is 0 Å². The number of aromatic amines is 1. The second-order valence-electron chi connectivity index (χ2n) is 7.56. The summed E-state index contributed by atoms with van der Waals surface area (Å²) in [5.74, 6) is -1.54. The zero-order chi connectivity index (χ0) is 21.6. The molecule has 2 aromatic rings. The first kappa shape index (κ1) is 19.8. The van der Waals surface area contributed by atoms with Crippen molar-refractivity contribution in [3.05, 3.63) is 51.8 Å². The number of ether oxygens (including phenoxy) is 1. The highest BCUT2D eigenvalue weighted by atomic mass is 16.5. The number of rotatable bonds is 4. The topological polar surface area (TPSA) is 113 Å². The van der Waals surface area contributed by atoms with E-state index in [0.717, 1.165) is 5.69 Å². The fourth-order valence-corrected chi connectivity index (χ4v) is 3.88. The number of aromatic nitrogens is 2. The van der Waals surface area contributed by atoms with Gasteiger partial charge in [0, 0.05) is 35.8 Å². The molecule has 9 nitrogen and oxygen atoms in total. The third-order valence-electron chi connectivity index (χ3n) is 5.37. The molecule has 0 spiro atoms. The van der Waals surface area contributed by atoms with Gasteiger partial charge in [-0.3, -0.25) is 24.4 Å². The Morgan fingerprint density at radius 3 is 2.63 bits per heavy atom. The fourth-order valence-electron chi connectivity index (χ4n) is 3.88. The molecule has 4 rings (SSSR count). The van der Waals surface area contributed by atoms with Crippen LogP contribution in [0.4, 0.5) is 0 Å². The zero-order valence-electron chi connectivity index (χ0n) is 17.0. The number of esters is 1. The van der Waals surface area contributed by atoms with Crippen molar-refractivity contribution < 1.29 is 23.9 Å².